The molecule has 3 N–H and O–H groups in total. The summed E-state index contributed by atoms with van der Waals surface area (Å²) in [6.07, 6.45) is 7.08. The molecule has 0 aliphatic heterocycles. The molecule has 0 saturated carbocycles. The van der Waals surface area contributed by atoms with E-state index in [0.29, 0.717) is 38.0 Å². The highest BCUT2D eigenvalue weighted by molar-refractivity contribution is 6.38. The Kier molecular flexibility index (Phi) is 8.31. The normalized spacial score (nSPS) is 17.4. The van der Waals surface area contributed by atoms with Crippen LogP contribution < -0.4 is 5.32 Å². The fourth-order valence-corrected chi connectivity index (χ4v) is 5.98. The van der Waals surface area contributed by atoms with Crippen LogP contribution in [0, 0.1) is 0 Å². The lowest BCUT2D eigenvalue weighted by Crippen LogP contribution is -2.29. The first-order valence-electron chi connectivity index (χ1n) is 12.9. The van der Waals surface area contributed by atoms with Gasteiger partial charge in [0.25, 0.3) is 5.91 Å². The Bertz CT molecular complexity index is 1650. The van der Waals surface area contributed by atoms with E-state index in [2.05, 4.69) is 22.2 Å². The van der Waals surface area contributed by atoms with Crippen molar-refractivity contribution in [2.24, 2.45) is 0 Å². The van der Waals surface area contributed by atoms with Gasteiger partial charge in [0.2, 0.25) is 0 Å². The number of rotatable bonds is 8. The van der Waals surface area contributed by atoms with Crippen molar-refractivity contribution in [3.05, 3.63) is 117 Å². The molecule has 1 aliphatic rings. The molecule has 6 nitrogen and oxygen atoms in total. The van der Waals surface area contributed by atoms with Gasteiger partial charge in [-0.3, -0.25) is 4.79 Å². The first-order chi connectivity index (χ1) is 19.3. The summed E-state index contributed by atoms with van der Waals surface area (Å²) in [5, 5.41) is 13.6. The van der Waals surface area contributed by atoms with E-state index < -0.39 is 17.3 Å². The fraction of sp³-hybridized carbons (Fsp3) is 0.194. The number of halogens is 3. The monoisotopic (exact) mass is 593 g/mol. The predicted octanol–water partition coefficient (Wildman–Crippen LogP) is 8.18. The molecule has 0 bridgehead atoms. The molecule has 5 rings (SSSR count). The number of carbonyl (C=O) groups is 2. The van der Waals surface area contributed by atoms with Crippen molar-refractivity contribution >= 4 is 63.3 Å². The molecule has 204 valence electrons. The van der Waals surface area contributed by atoms with Gasteiger partial charge in [-0.15, -0.1) is 11.6 Å². The third-order valence-electron chi connectivity index (χ3n) is 6.97. The molecule has 0 radical (unpaired) electrons. The van der Waals surface area contributed by atoms with Crippen LogP contribution in [0.1, 0.15) is 69.4 Å². The van der Waals surface area contributed by atoms with Crippen molar-refractivity contribution < 1.29 is 14.7 Å². The number of carboxylic acid groups (broad SMARTS) is 1. The summed E-state index contributed by atoms with van der Waals surface area (Å²) in [4.78, 5) is 33.7. The zero-order valence-corrected chi connectivity index (χ0v) is 23.8. The number of carboxylic acids is 1. The van der Waals surface area contributed by atoms with E-state index in [-0.39, 0.29) is 23.1 Å². The minimum atomic E-state index is -1.16. The van der Waals surface area contributed by atoms with Crippen LogP contribution in [0.15, 0.2) is 78.9 Å². The number of amides is 1. The van der Waals surface area contributed by atoms with Crippen LogP contribution in [0.4, 0.5) is 0 Å². The fourth-order valence-electron chi connectivity index (χ4n) is 5.09. The van der Waals surface area contributed by atoms with Gasteiger partial charge in [-0.25, -0.2) is 9.78 Å². The molecule has 1 aromatic heterocycles. The average molecular weight is 595 g/mol. The zero-order chi connectivity index (χ0) is 28.4. The highest BCUT2D eigenvalue weighted by atomic mass is 35.5. The molecule has 1 amide bonds. The first kappa shape index (κ1) is 28.0. The molecule has 1 aliphatic carbocycles. The Labute approximate surface area is 246 Å². The molecule has 1 unspecified atom stereocenters. The van der Waals surface area contributed by atoms with Gasteiger partial charge < -0.3 is 15.4 Å². The molecule has 1 heterocycles. The predicted molar refractivity (Wildman–Crippen MR) is 161 cm³/mol. The van der Waals surface area contributed by atoms with E-state index in [1.54, 1.807) is 30.3 Å². The topological polar surface area (TPSA) is 95.1 Å². The summed E-state index contributed by atoms with van der Waals surface area (Å²) in [5.41, 5.74) is 3.61. The van der Waals surface area contributed by atoms with Crippen molar-refractivity contribution in [2.45, 2.75) is 37.1 Å². The zero-order valence-electron chi connectivity index (χ0n) is 21.5. The smallest absolute Gasteiger partial charge is 0.336 e. The molecule has 0 spiro atoms. The van der Waals surface area contributed by atoms with Gasteiger partial charge in [0, 0.05) is 22.1 Å². The van der Waals surface area contributed by atoms with Crippen molar-refractivity contribution in [2.75, 3.05) is 0 Å². The van der Waals surface area contributed by atoms with Gasteiger partial charge in [-0.05, 0) is 41.8 Å². The van der Waals surface area contributed by atoms with Gasteiger partial charge in [-0.1, -0.05) is 91.2 Å². The summed E-state index contributed by atoms with van der Waals surface area (Å²) < 4.78 is 0. The van der Waals surface area contributed by atoms with Crippen molar-refractivity contribution in [3.63, 3.8) is 0 Å². The van der Waals surface area contributed by atoms with Gasteiger partial charge >= 0.3 is 5.97 Å². The Hall–Kier alpha value is -3.58. The van der Waals surface area contributed by atoms with Crippen LogP contribution >= 0.6 is 34.8 Å². The summed E-state index contributed by atoms with van der Waals surface area (Å²) in [6, 6.07) is 17.6. The van der Waals surface area contributed by atoms with Crippen molar-refractivity contribution in [1.82, 2.24) is 15.3 Å². The lowest BCUT2D eigenvalue weighted by atomic mass is 9.81. The number of imidazole rings is 1. The van der Waals surface area contributed by atoms with Gasteiger partial charge in [-0.2, -0.15) is 0 Å². The van der Waals surface area contributed by atoms with Gasteiger partial charge in [0.15, 0.2) is 0 Å². The maximum Gasteiger partial charge on any atom is 0.336 e. The third-order valence-corrected chi connectivity index (χ3v) is 7.87. The number of hydrogen-bond donors (Lipinski definition) is 3. The Morgan fingerprint density at radius 1 is 1.10 bits per heavy atom. The summed E-state index contributed by atoms with van der Waals surface area (Å²) in [7, 11) is 0. The SMILES string of the molecule is CCC[C@@H](NC(=O)c1ccc(C2C(c3nc4c(Cl)cc(Cl)cc4[nH]3)=CC=C[C@@H]2Cl)c(C(=O)O)c1)c1ccccc1. The lowest BCUT2D eigenvalue weighted by Gasteiger charge is -2.27. The molecule has 9 heteroatoms. The van der Waals surface area contributed by atoms with E-state index in [0.717, 1.165) is 18.4 Å². The van der Waals surface area contributed by atoms with Gasteiger partial charge in [0.1, 0.15) is 11.3 Å². The number of nitrogens with zero attached hydrogens (tertiary/aromatic N) is 1. The number of carbonyl (C=O) groups excluding carboxylic acids is 1. The number of fused-ring (bicyclic) bond motifs is 1. The second-order valence-corrected chi connectivity index (χ2v) is 11.0. The second-order valence-electron chi connectivity index (χ2n) is 9.63. The molecule has 0 saturated heterocycles. The largest absolute Gasteiger partial charge is 0.478 e. The highest BCUT2D eigenvalue weighted by Gasteiger charge is 2.32. The van der Waals surface area contributed by atoms with E-state index in [9.17, 15) is 14.7 Å². The molecule has 40 heavy (non-hydrogen) atoms. The first-order valence-corrected chi connectivity index (χ1v) is 14.1. The van der Waals surface area contributed by atoms with Crippen LogP contribution in [0.2, 0.25) is 10.0 Å². The molecule has 0 fully saturated rings. The number of H-pyrrole nitrogens is 1. The summed E-state index contributed by atoms with van der Waals surface area (Å²) in [6.45, 7) is 2.05. The van der Waals surface area contributed by atoms with Crippen LogP contribution in [-0.2, 0) is 0 Å². The van der Waals surface area contributed by atoms with E-state index in [4.69, 9.17) is 34.8 Å². The van der Waals surface area contributed by atoms with E-state index in [1.807, 2.05) is 42.5 Å². The number of hydrogen-bond acceptors (Lipinski definition) is 3. The number of benzene rings is 3. The maximum absolute atomic E-state index is 13.3. The minimum absolute atomic E-state index is 0.00607. The van der Waals surface area contributed by atoms with Crippen molar-refractivity contribution in [3.8, 4) is 0 Å². The van der Waals surface area contributed by atoms with E-state index >= 15 is 0 Å². The number of alkyl halides is 1. The molecule has 3 atom stereocenters. The lowest BCUT2D eigenvalue weighted by molar-refractivity contribution is 0.0695. The highest BCUT2D eigenvalue weighted by Crippen LogP contribution is 2.42. The van der Waals surface area contributed by atoms with Crippen LogP contribution in [-0.4, -0.2) is 32.3 Å². The number of aromatic carboxylic acids is 1. The molecule has 4 aromatic rings. The Balaban J connectivity index is 1.51. The molecular weight excluding hydrogens is 569 g/mol. The number of allylic oxidation sites excluding steroid dienone is 4. The average Bonchev–Trinajstić information content (AvgIpc) is 3.37. The molecule has 3 aromatic carbocycles. The number of aromatic amines is 1. The molecular formula is C31H26Cl3N3O3. The van der Waals surface area contributed by atoms with E-state index in [1.165, 1.54) is 6.07 Å². The Morgan fingerprint density at radius 2 is 1.88 bits per heavy atom. The number of aromatic nitrogens is 2. The van der Waals surface area contributed by atoms with Crippen LogP contribution in [0.25, 0.3) is 16.6 Å². The van der Waals surface area contributed by atoms with Crippen LogP contribution in [0.5, 0.6) is 0 Å². The van der Waals surface area contributed by atoms with Crippen molar-refractivity contribution in [1.29, 1.82) is 0 Å². The summed E-state index contributed by atoms with van der Waals surface area (Å²) in [5.74, 6) is -1.55. The minimum Gasteiger partial charge on any atom is -0.478 e. The Morgan fingerprint density at radius 3 is 2.60 bits per heavy atom. The quantitative estimate of drug-likeness (QED) is 0.179. The second kappa shape index (κ2) is 11.9. The van der Waals surface area contributed by atoms with Gasteiger partial charge in [0.05, 0.1) is 27.5 Å². The number of nitrogens with one attached hydrogen (secondary N) is 2. The third kappa shape index (κ3) is 5.66. The summed E-state index contributed by atoms with van der Waals surface area (Å²) >= 11 is 19.3. The maximum atomic E-state index is 13.3. The standard InChI is InChI=1S/C31H26Cl3N3O3/c1-2-7-25(17-8-4-3-5-9-17)36-30(38)18-12-13-20(22(14-18)31(39)40)27-21(10-6-11-23(27)33)29-35-26-16-19(32)15-24(34)28(26)37-29/h3-6,8-16,23,25,27H,2,7H2,1H3,(H,35,37)(H,36,38)(H,39,40)/t23-,25+,27?/m0/s1. The van der Waals surface area contributed by atoms with Crippen LogP contribution in [0.3, 0.4) is 0 Å².